The van der Waals surface area contributed by atoms with Crippen LogP contribution in [0, 0.1) is 5.92 Å². The topological polar surface area (TPSA) is 77.1 Å². The maximum Gasteiger partial charge on any atom is 0.189 e. The predicted octanol–water partition coefficient (Wildman–Crippen LogP) is 1.54. The number of hydrogen-bond donors (Lipinski definition) is 2. The average Bonchev–Trinajstić information content (AvgIpc) is 3.18. The molecule has 5 heteroatoms. The summed E-state index contributed by atoms with van der Waals surface area (Å²) in [7, 11) is 0. The minimum atomic E-state index is 0.0642. The van der Waals surface area contributed by atoms with Gasteiger partial charge in [-0.2, -0.15) is 0 Å². The number of benzene rings is 1. The molecule has 1 aromatic carbocycles. The fraction of sp³-hybridized carbons (Fsp3) is 0.417. The Morgan fingerprint density at radius 1 is 1.47 bits per heavy atom. The van der Waals surface area contributed by atoms with Crippen LogP contribution in [0.5, 0.6) is 5.75 Å². The molecule has 1 aliphatic carbocycles. The van der Waals surface area contributed by atoms with E-state index in [9.17, 15) is 0 Å². The number of nitrogens with zero attached hydrogens (tertiary/aromatic N) is 1. The Kier molecular flexibility index (Phi) is 3.82. The number of ether oxygens (including phenoxy) is 2. The van der Waals surface area contributed by atoms with Crippen LogP contribution in [0.15, 0.2) is 29.4 Å². The zero-order valence-corrected chi connectivity index (χ0v) is 9.50. The third kappa shape index (κ3) is 3.64. The second-order valence-corrected chi connectivity index (χ2v) is 4.09. The van der Waals surface area contributed by atoms with Gasteiger partial charge in [0.05, 0.1) is 6.61 Å². The second-order valence-electron chi connectivity index (χ2n) is 4.09. The van der Waals surface area contributed by atoms with Crippen molar-refractivity contribution in [2.24, 2.45) is 16.8 Å². The van der Waals surface area contributed by atoms with Crippen molar-refractivity contribution < 1.29 is 14.7 Å². The van der Waals surface area contributed by atoms with Gasteiger partial charge in [0.25, 0.3) is 0 Å². The van der Waals surface area contributed by atoms with Crippen molar-refractivity contribution in [1.82, 2.24) is 0 Å². The van der Waals surface area contributed by atoms with Gasteiger partial charge in [-0.15, -0.1) is 0 Å². The maximum atomic E-state index is 8.56. The molecule has 1 aromatic rings. The van der Waals surface area contributed by atoms with Crippen LogP contribution in [0.4, 0.5) is 0 Å². The van der Waals surface area contributed by atoms with Crippen LogP contribution in [0.25, 0.3) is 0 Å². The molecule has 0 heterocycles. The number of rotatable bonds is 6. The van der Waals surface area contributed by atoms with E-state index < -0.39 is 0 Å². The zero-order valence-electron chi connectivity index (χ0n) is 9.50. The number of nitrogens with two attached hydrogens (primary N) is 1. The van der Waals surface area contributed by atoms with Crippen molar-refractivity contribution in [3.63, 3.8) is 0 Å². The molecule has 1 saturated carbocycles. The molecule has 0 saturated heterocycles. The third-order valence-corrected chi connectivity index (χ3v) is 2.60. The van der Waals surface area contributed by atoms with Crippen LogP contribution < -0.4 is 10.5 Å². The molecular weight excluding hydrogens is 220 g/mol. The lowest BCUT2D eigenvalue weighted by Gasteiger charge is -2.07. The zero-order chi connectivity index (χ0) is 12.1. The maximum absolute atomic E-state index is 8.56. The summed E-state index contributed by atoms with van der Waals surface area (Å²) in [5, 5.41) is 11.5. The summed E-state index contributed by atoms with van der Waals surface area (Å²) in [6.07, 6.45) is 2.53. The van der Waals surface area contributed by atoms with Crippen molar-refractivity contribution >= 4 is 5.84 Å². The summed E-state index contributed by atoms with van der Waals surface area (Å²) in [5.74, 6) is 1.43. The molecule has 1 aliphatic rings. The Bertz CT molecular complexity index is 402. The molecule has 1 fully saturated rings. The van der Waals surface area contributed by atoms with E-state index in [4.69, 9.17) is 20.4 Å². The molecule has 0 bridgehead atoms. The van der Waals surface area contributed by atoms with Crippen molar-refractivity contribution in [2.45, 2.75) is 12.8 Å². The highest BCUT2D eigenvalue weighted by molar-refractivity contribution is 5.97. The Labute approximate surface area is 99.8 Å². The SMILES string of the molecule is N/C(=N/O)c1cccc(OCOCC2CC2)c1. The van der Waals surface area contributed by atoms with Crippen molar-refractivity contribution in [3.8, 4) is 5.75 Å². The summed E-state index contributed by atoms with van der Waals surface area (Å²) in [6.45, 7) is 0.996. The minimum Gasteiger partial charge on any atom is -0.468 e. The third-order valence-electron chi connectivity index (χ3n) is 2.60. The van der Waals surface area contributed by atoms with Crippen LogP contribution in [0.1, 0.15) is 18.4 Å². The molecule has 0 radical (unpaired) electrons. The van der Waals surface area contributed by atoms with Crippen LogP contribution in [-0.2, 0) is 4.74 Å². The van der Waals surface area contributed by atoms with Crippen molar-refractivity contribution in [3.05, 3.63) is 29.8 Å². The van der Waals surface area contributed by atoms with Gasteiger partial charge >= 0.3 is 0 Å². The second kappa shape index (κ2) is 5.54. The molecule has 17 heavy (non-hydrogen) atoms. The van der Waals surface area contributed by atoms with Gasteiger partial charge in [0.1, 0.15) is 5.75 Å². The van der Waals surface area contributed by atoms with E-state index in [1.54, 1.807) is 24.3 Å². The molecule has 92 valence electrons. The van der Waals surface area contributed by atoms with Gasteiger partial charge in [-0.1, -0.05) is 17.3 Å². The molecule has 0 aromatic heterocycles. The summed E-state index contributed by atoms with van der Waals surface area (Å²) >= 11 is 0. The van der Waals surface area contributed by atoms with Gasteiger partial charge in [-0.25, -0.2) is 0 Å². The van der Waals surface area contributed by atoms with E-state index in [0.717, 1.165) is 12.5 Å². The molecule has 0 atom stereocenters. The molecule has 3 N–H and O–H groups in total. The fourth-order valence-electron chi connectivity index (χ4n) is 1.41. The highest BCUT2D eigenvalue weighted by Gasteiger charge is 2.21. The fourth-order valence-corrected chi connectivity index (χ4v) is 1.41. The predicted molar refractivity (Wildman–Crippen MR) is 63.1 cm³/mol. The van der Waals surface area contributed by atoms with Gasteiger partial charge < -0.3 is 20.4 Å². The number of oxime groups is 1. The molecule has 0 spiro atoms. The lowest BCUT2D eigenvalue weighted by Crippen LogP contribution is -2.13. The standard InChI is InChI=1S/C12H16N2O3/c13-12(14-15)10-2-1-3-11(6-10)17-8-16-7-9-4-5-9/h1-3,6,9,15H,4-5,7-8H2,(H2,13,14). The van der Waals surface area contributed by atoms with E-state index in [0.29, 0.717) is 11.3 Å². The van der Waals surface area contributed by atoms with E-state index >= 15 is 0 Å². The van der Waals surface area contributed by atoms with Gasteiger partial charge in [0.2, 0.25) is 0 Å². The first kappa shape index (κ1) is 11.7. The molecule has 5 nitrogen and oxygen atoms in total. The number of amidine groups is 1. The molecule has 0 unspecified atom stereocenters. The van der Waals surface area contributed by atoms with Gasteiger partial charge in [0, 0.05) is 5.56 Å². The molecular formula is C12H16N2O3. The first-order chi connectivity index (χ1) is 8.29. The number of hydrogen-bond acceptors (Lipinski definition) is 4. The van der Waals surface area contributed by atoms with Crippen LogP contribution >= 0.6 is 0 Å². The average molecular weight is 236 g/mol. The van der Waals surface area contributed by atoms with Gasteiger partial charge in [-0.05, 0) is 30.9 Å². The van der Waals surface area contributed by atoms with E-state index in [1.165, 1.54) is 12.8 Å². The van der Waals surface area contributed by atoms with Crippen molar-refractivity contribution in [2.75, 3.05) is 13.4 Å². The van der Waals surface area contributed by atoms with E-state index in [-0.39, 0.29) is 12.6 Å². The minimum absolute atomic E-state index is 0.0642. The Hall–Kier alpha value is -1.75. The summed E-state index contributed by atoms with van der Waals surface area (Å²) < 4.78 is 10.8. The first-order valence-corrected chi connectivity index (χ1v) is 5.58. The normalized spacial score (nSPS) is 15.9. The van der Waals surface area contributed by atoms with Crippen LogP contribution in [0.2, 0.25) is 0 Å². The lowest BCUT2D eigenvalue weighted by molar-refractivity contribution is 0.00998. The largest absolute Gasteiger partial charge is 0.468 e. The van der Waals surface area contributed by atoms with E-state index in [2.05, 4.69) is 5.16 Å². The smallest absolute Gasteiger partial charge is 0.189 e. The monoisotopic (exact) mass is 236 g/mol. The van der Waals surface area contributed by atoms with E-state index in [1.807, 2.05) is 0 Å². The Balaban J connectivity index is 1.82. The van der Waals surface area contributed by atoms with Crippen LogP contribution in [-0.4, -0.2) is 24.4 Å². The lowest BCUT2D eigenvalue weighted by atomic mass is 10.2. The highest BCUT2D eigenvalue weighted by atomic mass is 16.7. The summed E-state index contributed by atoms with van der Waals surface area (Å²) in [6, 6.07) is 7.03. The first-order valence-electron chi connectivity index (χ1n) is 5.58. The summed E-state index contributed by atoms with van der Waals surface area (Å²) in [5.41, 5.74) is 6.10. The highest BCUT2D eigenvalue weighted by Crippen LogP contribution is 2.28. The summed E-state index contributed by atoms with van der Waals surface area (Å²) in [4.78, 5) is 0. The Morgan fingerprint density at radius 3 is 3.00 bits per heavy atom. The Morgan fingerprint density at radius 2 is 2.29 bits per heavy atom. The molecule has 0 aliphatic heterocycles. The molecule has 0 amide bonds. The van der Waals surface area contributed by atoms with Gasteiger partial charge in [-0.3, -0.25) is 0 Å². The quantitative estimate of drug-likeness (QED) is 0.196. The molecule has 2 rings (SSSR count). The van der Waals surface area contributed by atoms with Crippen molar-refractivity contribution in [1.29, 1.82) is 0 Å². The van der Waals surface area contributed by atoms with Crippen LogP contribution in [0.3, 0.4) is 0 Å². The van der Waals surface area contributed by atoms with Gasteiger partial charge in [0.15, 0.2) is 12.6 Å².